The molecule has 0 aliphatic carbocycles. The maximum Gasteiger partial charge on any atom is 0.276 e. The highest BCUT2D eigenvalue weighted by atomic mass is 35.5. The molecule has 6 nitrogen and oxygen atoms in total. The van der Waals surface area contributed by atoms with Crippen molar-refractivity contribution in [3.8, 4) is 5.75 Å². The fourth-order valence-corrected chi connectivity index (χ4v) is 2.68. The molecule has 0 bridgehead atoms. The topological polar surface area (TPSA) is 79.0 Å². The van der Waals surface area contributed by atoms with Gasteiger partial charge in [-0.1, -0.05) is 19.9 Å². The van der Waals surface area contributed by atoms with Crippen LogP contribution in [0, 0.1) is 5.92 Å². The number of nitrogens with zero attached hydrogens (tertiary/aromatic N) is 1. The van der Waals surface area contributed by atoms with E-state index in [4.69, 9.17) is 4.74 Å². The van der Waals surface area contributed by atoms with Crippen molar-refractivity contribution < 1.29 is 9.53 Å². The first-order chi connectivity index (χ1) is 11.6. The van der Waals surface area contributed by atoms with Crippen molar-refractivity contribution in [2.45, 2.75) is 33.2 Å². The molecule has 0 unspecified atom stereocenters. The van der Waals surface area contributed by atoms with Gasteiger partial charge in [0.25, 0.3) is 5.91 Å². The summed E-state index contributed by atoms with van der Waals surface area (Å²) in [5.41, 5.74) is 3.18. The highest BCUT2D eigenvalue weighted by Gasteiger charge is 2.21. The van der Waals surface area contributed by atoms with Crippen molar-refractivity contribution in [3.63, 3.8) is 0 Å². The Morgan fingerprint density at radius 2 is 2.24 bits per heavy atom. The van der Waals surface area contributed by atoms with Crippen molar-refractivity contribution in [1.82, 2.24) is 15.5 Å². The van der Waals surface area contributed by atoms with Crippen LogP contribution in [0.15, 0.2) is 24.3 Å². The summed E-state index contributed by atoms with van der Waals surface area (Å²) in [5, 5.41) is 13.3. The van der Waals surface area contributed by atoms with Gasteiger partial charge in [-0.3, -0.25) is 9.89 Å². The van der Waals surface area contributed by atoms with E-state index in [9.17, 15) is 4.79 Å². The Labute approximate surface area is 154 Å². The Morgan fingerprint density at radius 1 is 1.40 bits per heavy atom. The van der Waals surface area contributed by atoms with Crippen LogP contribution < -0.4 is 15.4 Å². The Bertz CT molecular complexity index is 715. The number of hydrogen-bond acceptors (Lipinski definition) is 4. The van der Waals surface area contributed by atoms with Crippen LogP contribution in [-0.2, 0) is 13.0 Å². The SMILES string of the molecule is CC(C)CCOc1cccc(NC(=O)c2n[nH]c3c2CNCC3)c1.Cl. The highest BCUT2D eigenvalue weighted by molar-refractivity contribution is 6.04. The summed E-state index contributed by atoms with van der Waals surface area (Å²) in [6, 6.07) is 7.47. The van der Waals surface area contributed by atoms with Gasteiger partial charge in [0.15, 0.2) is 5.69 Å². The molecule has 3 rings (SSSR count). The smallest absolute Gasteiger partial charge is 0.276 e. The quantitative estimate of drug-likeness (QED) is 0.735. The molecule has 1 aliphatic rings. The van der Waals surface area contributed by atoms with Crippen LogP contribution in [-0.4, -0.2) is 29.3 Å². The largest absolute Gasteiger partial charge is 0.494 e. The third-order valence-corrected chi connectivity index (χ3v) is 4.08. The minimum absolute atomic E-state index is 0. The molecule has 3 N–H and O–H groups in total. The lowest BCUT2D eigenvalue weighted by Crippen LogP contribution is -2.25. The summed E-state index contributed by atoms with van der Waals surface area (Å²) >= 11 is 0. The molecule has 1 aliphatic heterocycles. The number of aromatic amines is 1. The molecule has 0 fully saturated rings. The van der Waals surface area contributed by atoms with Gasteiger partial charge in [-0.2, -0.15) is 5.10 Å². The summed E-state index contributed by atoms with van der Waals surface area (Å²) in [5.74, 6) is 1.17. The van der Waals surface area contributed by atoms with E-state index in [1.807, 2.05) is 24.3 Å². The fourth-order valence-electron chi connectivity index (χ4n) is 2.68. The molecular formula is C18H25ClN4O2. The van der Waals surface area contributed by atoms with Crippen LogP contribution in [0.2, 0.25) is 0 Å². The zero-order valence-corrected chi connectivity index (χ0v) is 15.4. The lowest BCUT2D eigenvalue weighted by molar-refractivity contribution is 0.102. The Kier molecular flexibility index (Phi) is 6.84. The normalized spacial score (nSPS) is 13.1. The highest BCUT2D eigenvalue weighted by Crippen LogP contribution is 2.20. The van der Waals surface area contributed by atoms with Gasteiger partial charge >= 0.3 is 0 Å². The number of anilines is 1. The first kappa shape index (κ1) is 19.3. The number of benzene rings is 1. The number of carbonyl (C=O) groups excluding carboxylic acids is 1. The number of aromatic nitrogens is 2. The number of ether oxygens (including phenoxy) is 1. The maximum absolute atomic E-state index is 12.5. The van der Waals surface area contributed by atoms with E-state index < -0.39 is 0 Å². The Morgan fingerprint density at radius 3 is 3.04 bits per heavy atom. The number of halogens is 1. The lowest BCUT2D eigenvalue weighted by Gasteiger charge is -2.13. The standard InChI is InChI=1S/C18H24N4O2.ClH/c1-12(2)7-9-24-14-5-3-4-13(10-14)20-18(23)17-15-11-19-8-6-16(15)21-22-17;/h3-5,10,12,19H,6-9,11H2,1-2H3,(H,20,23)(H,21,22);1H. The fraction of sp³-hybridized carbons (Fsp3) is 0.444. The van der Waals surface area contributed by atoms with Crippen molar-refractivity contribution in [1.29, 1.82) is 0 Å². The molecule has 7 heteroatoms. The number of carbonyl (C=O) groups is 1. The van der Waals surface area contributed by atoms with Crippen LogP contribution in [0.5, 0.6) is 5.75 Å². The summed E-state index contributed by atoms with van der Waals surface area (Å²) in [6.45, 7) is 6.59. The minimum atomic E-state index is -0.199. The van der Waals surface area contributed by atoms with E-state index in [1.165, 1.54) is 0 Å². The van der Waals surface area contributed by atoms with E-state index >= 15 is 0 Å². The second-order valence-corrected chi connectivity index (χ2v) is 6.47. The molecule has 0 spiro atoms. The maximum atomic E-state index is 12.5. The average Bonchev–Trinajstić information content (AvgIpc) is 2.99. The van der Waals surface area contributed by atoms with Crippen molar-refractivity contribution >= 4 is 24.0 Å². The van der Waals surface area contributed by atoms with Gasteiger partial charge in [-0.05, 0) is 24.5 Å². The molecule has 2 heterocycles. The first-order valence-electron chi connectivity index (χ1n) is 8.44. The second kappa shape index (κ2) is 8.87. The Hall–Kier alpha value is -2.05. The van der Waals surface area contributed by atoms with Crippen LogP contribution in [0.4, 0.5) is 5.69 Å². The number of nitrogens with one attached hydrogen (secondary N) is 3. The van der Waals surface area contributed by atoms with E-state index in [1.54, 1.807) is 0 Å². The zero-order chi connectivity index (χ0) is 16.9. The van der Waals surface area contributed by atoms with Crippen LogP contribution >= 0.6 is 12.4 Å². The third kappa shape index (κ3) is 4.96. The van der Waals surface area contributed by atoms with E-state index in [-0.39, 0.29) is 18.3 Å². The van der Waals surface area contributed by atoms with Crippen LogP contribution in [0.25, 0.3) is 0 Å². The number of hydrogen-bond donors (Lipinski definition) is 3. The summed E-state index contributed by atoms with van der Waals surface area (Å²) in [6.07, 6.45) is 1.87. The van der Waals surface area contributed by atoms with E-state index in [0.29, 0.717) is 30.5 Å². The third-order valence-electron chi connectivity index (χ3n) is 4.08. The molecule has 25 heavy (non-hydrogen) atoms. The zero-order valence-electron chi connectivity index (χ0n) is 14.6. The number of H-pyrrole nitrogens is 1. The van der Waals surface area contributed by atoms with E-state index in [2.05, 4.69) is 34.7 Å². The van der Waals surface area contributed by atoms with Gasteiger partial charge in [0.1, 0.15) is 5.75 Å². The molecule has 0 radical (unpaired) electrons. The summed E-state index contributed by atoms with van der Waals surface area (Å²) in [7, 11) is 0. The minimum Gasteiger partial charge on any atom is -0.494 e. The van der Waals surface area contributed by atoms with Crippen LogP contribution in [0.1, 0.15) is 42.0 Å². The predicted octanol–water partition coefficient (Wildman–Crippen LogP) is 3.15. The van der Waals surface area contributed by atoms with Crippen molar-refractivity contribution in [2.24, 2.45) is 5.92 Å². The summed E-state index contributed by atoms with van der Waals surface area (Å²) in [4.78, 5) is 12.5. The van der Waals surface area contributed by atoms with Gasteiger partial charge in [0.05, 0.1) is 6.61 Å². The molecule has 1 aromatic carbocycles. The second-order valence-electron chi connectivity index (χ2n) is 6.47. The van der Waals surface area contributed by atoms with Crippen molar-refractivity contribution in [2.75, 3.05) is 18.5 Å². The van der Waals surface area contributed by atoms with E-state index in [0.717, 1.165) is 36.4 Å². The van der Waals surface area contributed by atoms with Gasteiger partial charge < -0.3 is 15.4 Å². The molecule has 136 valence electrons. The number of amides is 1. The molecule has 0 saturated heterocycles. The average molecular weight is 365 g/mol. The molecule has 2 aromatic rings. The molecule has 1 aromatic heterocycles. The van der Waals surface area contributed by atoms with Gasteiger partial charge in [-0.25, -0.2) is 0 Å². The number of rotatable bonds is 6. The molecule has 0 saturated carbocycles. The van der Waals surface area contributed by atoms with Gasteiger partial charge in [-0.15, -0.1) is 12.4 Å². The number of fused-ring (bicyclic) bond motifs is 1. The molecule has 0 atom stereocenters. The van der Waals surface area contributed by atoms with Gasteiger partial charge in [0, 0.05) is 42.5 Å². The predicted molar refractivity (Wildman–Crippen MR) is 101 cm³/mol. The van der Waals surface area contributed by atoms with Crippen LogP contribution in [0.3, 0.4) is 0 Å². The first-order valence-corrected chi connectivity index (χ1v) is 8.44. The molecule has 1 amide bonds. The lowest BCUT2D eigenvalue weighted by atomic mass is 10.1. The Balaban J connectivity index is 0.00000225. The summed E-state index contributed by atoms with van der Waals surface area (Å²) < 4.78 is 5.74. The van der Waals surface area contributed by atoms with Crippen molar-refractivity contribution in [3.05, 3.63) is 41.2 Å². The molecular weight excluding hydrogens is 340 g/mol. The monoisotopic (exact) mass is 364 g/mol. The van der Waals surface area contributed by atoms with Gasteiger partial charge in [0.2, 0.25) is 0 Å².